The van der Waals surface area contributed by atoms with Crippen molar-refractivity contribution in [1.82, 2.24) is 25.9 Å². The highest BCUT2D eigenvalue weighted by molar-refractivity contribution is 6.30. The van der Waals surface area contributed by atoms with Gasteiger partial charge < -0.3 is 5.11 Å². The zero-order chi connectivity index (χ0) is 24.6. The van der Waals surface area contributed by atoms with Gasteiger partial charge in [-0.15, -0.1) is 0 Å². The molecular weight excluding hydrogens is 468 g/mol. The van der Waals surface area contributed by atoms with Crippen molar-refractivity contribution in [2.45, 2.75) is 24.9 Å². The SMILES string of the molecule is O=C(O)C(Cc1ccccc1)N[C@H](Cc1ccc(-c2cccc(Cl)c2)cc1)C(=O)Nc1nnn[nH]1. The van der Waals surface area contributed by atoms with Crippen molar-refractivity contribution >= 4 is 29.4 Å². The molecule has 10 heteroatoms. The Labute approximate surface area is 206 Å². The quantitative estimate of drug-likeness (QED) is 0.268. The largest absolute Gasteiger partial charge is 0.480 e. The second kappa shape index (κ2) is 11.4. The first kappa shape index (κ1) is 24.1. The van der Waals surface area contributed by atoms with Crippen LogP contribution in [0.3, 0.4) is 0 Å². The number of rotatable bonds is 10. The molecule has 1 unspecified atom stereocenters. The summed E-state index contributed by atoms with van der Waals surface area (Å²) in [5, 5.41) is 29.1. The van der Waals surface area contributed by atoms with Crippen LogP contribution >= 0.6 is 11.6 Å². The molecule has 0 aliphatic rings. The Balaban J connectivity index is 1.53. The summed E-state index contributed by atoms with van der Waals surface area (Å²) < 4.78 is 0. The minimum absolute atomic E-state index is 0.0769. The van der Waals surface area contributed by atoms with Crippen LogP contribution in [0.4, 0.5) is 5.95 Å². The van der Waals surface area contributed by atoms with Gasteiger partial charge in [-0.05, 0) is 57.7 Å². The molecular formula is C25H23ClN6O3. The van der Waals surface area contributed by atoms with E-state index in [1.165, 1.54) is 0 Å². The van der Waals surface area contributed by atoms with Gasteiger partial charge in [0.25, 0.3) is 0 Å². The van der Waals surface area contributed by atoms with E-state index < -0.39 is 24.0 Å². The van der Waals surface area contributed by atoms with E-state index in [2.05, 4.69) is 31.3 Å². The number of halogens is 1. The van der Waals surface area contributed by atoms with E-state index in [0.717, 1.165) is 22.3 Å². The summed E-state index contributed by atoms with van der Waals surface area (Å²) in [7, 11) is 0. The molecule has 0 saturated heterocycles. The average Bonchev–Trinajstić information content (AvgIpc) is 3.37. The van der Waals surface area contributed by atoms with Crippen molar-refractivity contribution in [2.75, 3.05) is 5.32 Å². The van der Waals surface area contributed by atoms with Gasteiger partial charge in [-0.25, -0.2) is 5.10 Å². The first-order valence-corrected chi connectivity index (χ1v) is 11.3. The lowest BCUT2D eigenvalue weighted by molar-refractivity contribution is -0.139. The molecule has 0 aliphatic heterocycles. The summed E-state index contributed by atoms with van der Waals surface area (Å²) in [6.07, 6.45) is 0.472. The molecule has 2 atom stereocenters. The zero-order valence-corrected chi connectivity index (χ0v) is 19.3. The topological polar surface area (TPSA) is 133 Å². The lowest BCUT2D eigenvalue weighted by atomic mass is 9.99. The molecule has 1 amide bonds. The number of aromatic nitrogens is 4. The van der Waals surface area contributed by atoms with Gasteiger partial charge in [-0.3, -0.25) is 20.2 Å². The van der Waals surface area contributed by atoms with Crippen LogP contribution in [0.1, 0.15) is 11.1 Å². The summed E-state index contributed by atoms with van der Waals surface area (Å²) >= 11 is 6.10. The Morgan fingerprint density at radius 3 is 2.26 bits per heavy atom. The molecule has 9 nitrogen and oxygen atoms in total. The van der Waals surface area contributed by atoms with Gasteiger partial charge in [0.2, 0.25) is 11.9 Å². The number of benzene rings is 3. The van der Waals surface area contributed by atoms with Gasteiger partial charge in [-0.2, -0.15) is 0 Å². The van der Waals surface area contributed by atoms with Gasteiger partial charge in [0.05, 0.1) is 6.04 Å². The zero-order valence-electron chi connectivity index (χ0n) is 18.6. The third-order valence-corrected chi connectivity index (χ3v) is 5.67. The molecule has 0 bridgehead atoms. The van der Waals surface area contributed by atoms with E-state index in [1.54, 1.807) is 0 Å². The van der Waals surface area contributed by atoms with Crippen molar-refractivity contribution in [3.8, 4) is 11.1 Å². The highest BCUT2D eigenvalue weighted by atomic mass is 35.5. The molecule has 1 aromatic heterocycles. The monoisotopic (exact) mass is 490 g/mol. The fourth-order valence-electron chi connectivity index (χ4n) is 3.69. The van der Waals surface area contributed by atoms with E-state index in [9.17, 15) is 14.7 Å². The molecule has 3 aromatic carbocycles. The number of carboxylic acid groups (broad SMARTS) is 1. The van der Waals surface area contributed by atoms with E-state index in [1.807, 2.05) is 78.9 Å². The van der Waals surface area contributed by atoms with Crippen LogP contribution in [0.2, 0.25) is 5.02 Å². The molecule has 0 spiro atoms. The summed E-state index contributed by atoms with van der Waals surface area (Å²) in [6, 6.07) is 22.6. The van der Waals surface area contributed by atoms with Crippen LogP contribution in [0.25, 0.3) is 11.1 Å². The van der Waals surface area contributed by atoms with E-state index >= 15 is 0 Å². The van der Waals surface area contributed by atoms with E-state index in [0.29, 0.717) is 5.02 Å². The predicted molar refractivity (Wildman–Crippen MR) is 132 cm³/mol. The molecule has 178 valence electrons. The molecule has 4 N–H and O–H groups in total. The van der Waals surface area contributed by atoms with Crippen molar-refractivity contribution < 1.29 is 14.7 Å². The van der Waals surface area contributed by atoms with Crippen molar-refractivity contribution in [2.24, 2.45) is 0 Å². The molecule has 35 heavy (non-hydrogen) atoms. The Morgan fingerprint density at radius 1 is 0.886 bits per heavy atom. The second-order valence-electron chi connectivity index (χ2n) is 7.95. The number of tetrazole rings is 1. The minimum atomic E-state index is -1.05. The molecule has 0 fully saturated rings. The lowest BCUT2D eigenvalue weighted by Gasteiger charge is -2.23. The Hall–Kier alpha value is -4.08. The standard InChI is InChI=1S/C25H23ClN6O3/c26-20-8-4-7-19(15-20)18-11-9-17(10-12-18)13-21(23(33)28-25-29-31-32-30-25)27-22(24(34)35)14-16-5-2-1-3-6-16/h1-12,15,21-22,27H,13-14H2,(H,34,35)(H2,28,29,30,31,32,33)/t21-,22?/m1/s1. The van der Waals surface area contributed by atoms with E-state index in [4.69, 9.17) is 11.6 Å². The maximum atomic E-state index is 13.1. The molecule has 4 rings (SSSR count). The number of carboxylic acids is 1. The Bertz CT molecular complexity index is 1270. The van der Waals surface area contributed by atoms with Crippen molar-refractivity contribution in [1.29, 1.82) is 0 Å². The summed E-state index contributed by atoms with van der Waals surface area (Å²) in [6.45, 7) is 0. The minimum Gasteiger partial charge on any atom is -0.480 e. The number of nitrogens with one attached hydrogen (secondary N) is 3. The first-order chi connectivity index (χ1) is 17.0. The number of aromatic amines is 1. The predicted octanol–water partition coefficient (Wildman–Crippen LogP) is 3.36. The fraction of sp³-hybridized carbons (Fsp3) is 0.160. The average molecular weight is 491 g/mol. The Kier molecular flexibility index (Phi) is 7.81. The molecule has 1 heterocycles. The third kappa shape index (κ3) is 6.72. The number of anilines is 1. The fourth-order valence-corrected chi connectivity index (χ4v) is 3.88. The number of carbonyl (C=O) groups excluding carboxylic acids is 1. The molecule has 4 aromatic rings. The summed E-state index contributed by atoms with van der Waals surface area (Å²) in [5.74, 6) is -1.43. The normalized spacial score (nSPS) is 12.6. The van der Waals surface area contributed by atoms with E-state index in [-0.39, 0.29) is 18.8 Å². The van der Waals surface area contributed by atoms with Crippen LogP contribution in [-0.4, -0.2) is 49.7 Å². The van der Waals surface area contributed by atoms with Crippen LogP contribution in [0, 0.1) is 0 Å². The lowest BCUT2D eigenvalue weighted by Crippen LogP contribution is -2.51. The molecule has 0 saturated carbocycles. The number of amides is 1. The molecule has 0 aliphatic carbocycles. The second-order valence-corrected chi connectivity index (χ2v) is 8.39. The van der Waals surface area contributed by atoms with Crippen molar-refractivity contribution in [3.63, 3.8) is 0 Å². The number of aliphatic carboxylic acids is 1. The number of nitrogens with zero attached hydrogens (tertiary/aromatic N) is 3. The highest BCUT2D eigenvalue weighted by Gasteiger charge is 2.27. The maximum absolute atomic E-state index is 13.1. The van der Waals surface area contributed by atoms with Crippen molar-refractivity contribution in [3.05, 3.63) is 95.0 Å². The van der Waals surface area contributed by atoms with Crippen LogP contribution in [-0.2, 0) is 22.4 Å². The van der Waals surface area contributed by atoms with Crippen LogP contribution in [0.5, 0.6) is 0 Å². The number of hydrogen-bond donors (Lipinski definition) is 4. The number of H-pyrrole nitrogens is 1. The third-order valence-electron chi connectivity index (χ3n) is 5.44. The van der Waals surface area contributed by atoms with Gasteiger partial charge in [0, 0.05) is 5.02 Å². The number of carbonyl (C=O) groups is 2. The van der Waals surface area contributed by atoms with Crippen LogP contribution in [0.15, 0.2) is 78.9 Å². The first-order valence-electron chi connectivity index (χ1n) is 10.9. The van der Waals surface area contributed by atoms with Crippen LogP contribution < -0.4 is 10.6 Å². The maximum Gasteiger partial charge on any atom is 0.321 e. The van der Waals surface area contributed by atoms with Gasteiger partial charge in [0.15, 0.2) is 0 Å². The number of hydrogen-bond acceptors (Lipinski definition) is 6. The summed E-state index contributed by atoms with van der Waals surface area (Å²) in [5.41, 5.74) is 3.65. The van der Waals surface area contributed by atoms with Gasteiger partial charge in [-0.1, -0.05) is 83.4 Å². The van der Waals surface area contributed by atoms with Gasteiger partial charge >= 0.3 is 5.97 Å². The summed E-state index contributed by atoms with van der Waals surface area (Å²) in [4.78, 5) is 25.1. The van der Waals surface area contributed by atoms with Gasteiger partial charge in [0.1, 0.15) is 6.04 Å². The highest BCUT2D eigenvalue weighted by Crippen LogP contribution is 2.23. The Morgan fingerprint density at radius 2 is 1.60 bits per heavy atom. The molecule has 0 radical (unpaired) electrons. The smallest absolute Gasteiger partial charge is 0.321 e.